The van der Waals surface area contributed by atoms with Crippen molar-refractivity contribution < 1.29 is 9.53 Å². The fourth-order valence-corrected chi connectivity index (χ4v) is 2.62. The van der Waals surface area contributed by atoms with E-state index in [0.717, 1.165) is 22.4 Å². The first kappa shape index (κ1) is 19.3. The first-order valence-corrected chi connectivity index (χ1v) is 8.86. The number of nitrogens with two attached hydrogens (primary N) is 1. The predicted octanol–water partition coefficient (Wildman–Crippen LogP) is 4.44. The van der Waals surface area contributed by atoms with Crippen molar-refractivity contribution in [1.29, 1.82) is 0 Å². The van der Waals surface area contributed by atoms with Crippen molar-refractivity contribution in [2.45, 2.75) is 33.3 Å². The molecule has 28 heavy (non-hydrogen) atoms. The van der Waals surface area contributed by atoms with E-state index in [1.807, 2.05) is 25.1 Å². The van der Waals surface area contributed by atoms with E-state index in [-0.39, 0.29) is 0 Å². The maximum Gasteiger partial charge on any atom is 0.413 e. The van der Waals surface area contributed by atoms with Crippen molar-refractivity contribution in [2.24, 2.45) is 0 Å². The Morgan fingerprint density at radius 2 is 1.86 bits per heavy atom. The monoisotopic (exact) mass is 377 g/mol. The predicted molar refractivity (Wildman–Crippen MR) is 110 cm³/mol. The molecule has 0 spiro atoms. The highest BCUT2D eigenvalue weighted by Gasteiger charge is 2.17. The van der Waals surface area contributed by atoms with Gasteiger partial charge in [0.1, 0.15) is 11.4 Å². The zero-order valence-electron chi connectivity index (χ0n) is 16.4. The Kier molecular flexibility index (Phi) is 5.26. The molecule has 1 aromatic carbocycles. The third-order valence-electron chi connectivity index (χ3n) is 3.86. The van der Waals surface area contributed by atoms with Gasteiger partial charge in [-0.25, -0.2) is 14.8 Å². The normalized spacial score (nSPS) is 11.1. The number of anilines is 2. The quantitative estimate of drug-likeness (QED) is 0.654. The Balaban J connectivity index is 1.88. The topological polar surface area (TPSA) is 103 Å². The molecule has 0 unspecified atom stereocenters. The summed E-state index contributed by atoms with van der Waals surface area (Å²) < 4.78 is 5.26. The molecule has 1 amide bonds. The van der Waals surface area contributed by atoms with Crippen LogP contribution in [0.3, 0.4) is 0 Å². The summed E-state index contributed by atoms with van der Waals surface area (Å²) in [7, 11) is 0. The van der Waals surface area contributed by atoms with Crippen LogP contribution in [-0.2, 0) is 4.74 Å². The Hall–Kier alpha value is -3.48. The number of amides is 1. The van der Waals surface area contributed by atoms with E-state index in [9.17, 15) is 4.79 Å². The van der Waals surface area contributed by atoms with Crippen LogP contribution in [0.4, 0.5) is 16.3 Å². The van der Waals surface area contributed by atoms with Crippen LogP contribution in [0, 0.1) is 6.92 Å². The molecule has 0 aliphatic rings. The van der Waals surface area contributed by atoms with Gasteiger partial charge in [0.25, 0.3) is 0 Å². The second-order valence-electron chi connectivity index (χ2n) is 7.42. The number of nitrogens with one attached hydrogen (secondary N) is 1. The highest BCUT2D eigenvalue weighted by atomic mass is 16.6. The maximum atomic E-state index is 12.0. The molecule has 0 aliphatic carbocycles. The van der Waals surface area contributed by atoms with Gasteiger partial charge >= 0.3 is 6.09 Å². The summed E-state index contributed by atoms with van der Waals surface area (Å²) in [5.74, 6) is 0.374. The lowest BCUT2D eigenvalue weighted by atomic mass is 10.0. The molecular formula is C21H23N5O2. The molecule has 2 heterocycles. The summed E-state index contributed by atoms with van der Waals surface area (Å²) in [5, 5.41) is 2.63. The fraction of sp³-hybridized carbons (Fsp3) is 0.238. The standard InChI is InChI=1S/C21H23N5O2/c1-13-5-6-15(22)10-16(13)18-12-23-11-17(25-18)14-7-8-24-19(9-14)26-20(27)28-21(2,3)4/h5-12H,22H2,1-4H3,(H,24,26,27). The Labute approximate surface area is 164 Å². The van der Waals surface area contributed by atoms with Crippen LogP contribution >= 0.6 is 0 Å². The van der Waals surface area contributed by atoms with Crippen LogP contribution in [0.5, 0.6) is 0 Å². The van der Waals surface area contributed by atoms with E-state index in [1.54, 1.807) is 51.5 Å². The first-order chi connectivity index (χ1) is 13.2. The van der Waals surface area contributed by atoms with Crippen LogP contribution < -0.4 is 11.1 Å². The number of aromatic nitrogens is 3. The molecule has 3 N–H and O–H groups in total. The summed E-state index contributed by atoms with van der Waals surface area (Å²) in [6.45, 7) is 7.40. The minimum Gasteiger partial charge on any atom is -0.444 e. The molecule has 2 aromatic heterocycles. The lowest BCUT2D eigenvalue weighted by Gasteiger charge is -2.19. The molecule has 3 aromatic rings. The van der Waals surface area contributed by atoms with Gasteiger partial charge in [0.15, 0.2) is 0 Å². The summed E-state index contributed by atoms with van der Waals surface area (Å²) in [6, 6.07) is 9.22. The van der Waals surface area contributed by atoms with Crippen LogP contribution in [0.15, 0.2) is 48.9 Å². The minimum absolute atomic E-state index is 0.374. The van der Waals surface area contributed by atoms with E-state index in [1.165, 1.54) is 0 Å². The first-order valence-electron chi connectivity index (χ1n) is 8.86. The maximum absolute atomic E-state index is 12.0. The van der Waals surface area contributed by atoms with Crippen molar-refractivity contribution in [1.82, 2.24) is 15.0 Å². The van der Waals surface area contributed by atoms with Gasteiger partial charge in [0.2, 0.25) is 0 Å². The molecule has 7 heteroatoms. The number of nitrogens with zero attached hydrogens (tertiary/aromatic N) is 3. The van der Waals surface area contributed by atoms with Gasteiger partial charge in [-0.3, -0.25) is 10.3 Å². The van der Waals surface area contributed by atoms with Crippen molar-refractivity contribution >= 4 is 17.6 Å². The van der Waals surface area contributed by atoms with Crippen molar-refractivity contribution in [3.63, 3.8) is 0 Å². The number of ether oxygens (including phenoxy) is 1. The number of hydrogen-bond donors (Lipinski definition) is 2. The molecule has 0 bridgehead atoms. The van der Waals surface area contributed by atoms with Gasteiger partial charge < -0.3 is 10.5 Å². The highest BCUT2D eigenvalue weighted by Crippen LogP contribution is 2.26. The molecule has 7 nitrogen and oxygen atoms in total. The molecule has 0 atom stereocenters. The number of hydrogen-bond acceptors (Lipinski definition) is 6. The third-order valence-corrected chi connectivity index (χ3v) is 3.86. The molecule has 3 rings (SSSR count). The lowest BCUT2D eigenvalue weighted by molar-refractivity contribution is 0.0635. The van der Waals surface area contributed by atoms with Gasteiger partial charge in [-0.05, 0) is 57.5 Å². The number of pyridine rings is 1. The third kappa shape index (κ3) is 4.82. The van der Waals surface area contributed by atoms with E-state index < -0.39 is 11.7 Å². The van der Waals surface area contributed by atoms with Crippen molar-refractivity contribution in [2.75, 3.05) is 11.1 Å². The van der Waals surface area contributed by atoms with Crippen LogP contribution in [-0.4, -0.2) is 26.6 Å². The number of carbonyl (C=O) groups excluding carboxylic acids is 1. The van der Waals surface area contributed by atoms with Gasteiger partial charge in [-0.1, -0.05) is 6.07 Å². The van der Waals surface area contributed by atoms with E-state index in [2.05, 4.69) is 15.3 Å². The Morgan fingerprint density at radius 1 is 1.11 bits per heavy atom. The van der Waals surface area contributed by atoms with Crippen LogP contribution in [0.25, 0.3) is 22.5 Å². The smallest absolute Gasteiger partial charge is 0.413 e. The zero-order valence-corrected chi connectivity index (χ0v) is 16.4. The number of carbonyl (C=O) groups is 1. The number of aryl methyl sites for hydroxylation is 1. The molecule has 144 valence electrons. The SMILES string of the molecule is Cc1ccc(N)cc1-c1cncc(-c2ccnc(NC(=O)OC(C)(C)C)c2)n1. The average molecular weight is 377 g/mol. The highest BCUT2D eigenvalue weighted by molar-refractivity contribution is 5.84. The minimum atomic E-state index is -0.586. The summed E-state index contributed by atoms with van der Waals surface area (Å²) in [4.78, 5) is 25.2. The van der Waals surface area contributed by atoms with E-state index in [4.69, 9.17) is 15.5 Å². The molecule has 0 radical (unpaired) electrons. The summed E-state index contributed by atoms with van der Waals surface area (Å²) in [6.07, 6.45) is 4.40. The van der Waals surface area contributed by atoms with Crippen molar-refractivity contribution in [3.05, 3.63) is 54.5 Å². The molecule has 0 fully saturated rings. The van der Waals surface area contributed by atoms with E-state index >= 15 is 0 Å². The fourth-order valence-electron chi connectivity index (χ4n) is 2.62. The Bertz CT molecular complexity index is 1010. The second-order valence-corrected chi connectivity index (χ2v) is 7.42. The lowest BCUT2D eigenvalue weighted by Crippen LogP contribution is -2.27. The number of nitrogen functional groups attached to an aromatic ring is 1. The van der Waals surface area contributed by atoms with Gasteiger partial charge in [0, 0.05) is 23.0 Å². The number of benzene rings is 1. The zero-order chi connectivity index (χ0) is 20.3. The second kappa shape index (κ2) is 7.64. The molecule has 0 saturated carbocycles. The number of rotatable bonds is 3. The molecule has 0 aliphatic heterocycles. The van der Waals surface area contributed by atoms with Crippen molar-refractivity contribution in [3.8, 4) is 22.5 Å². The Morgan fingerprint density at radius 3 is 2.61 bits per heavy atom. The van der Waals surface area contributed by atoms with Gasteiger partial charge in [-0.15, -0.1) is 0 Å². The summed E-state index contributed by atoms with van der Waals surface area (Å²) in [5.41, 5.74) is 10.1. The molecular weight excluding hydrogens is 354 g/mol. The van der Waals surface area contributed by atoms with E-state index in [0.29, 0.717) is 17.2 Å². The summed E-state index contributed by atoms with van der Waals surface area (Å²) >= 11 is 0. The average Bonchev–Trinajstić information content (AvgIpc) is 2.62. The van der Waals surface area contributed by atoms with Gasteiger partial charge in [0.05, 0.1) is 23.8 Å². The largest absolute Gasteiger partial charge is 0.444 e. The van der Waals surface area contributed by atoms with Crippen LogP contribution in [0.2, 0.25) is 0 Å². The van der Waals surface area contributed by atoms with Gasteiger partial charge in [-0.2, -0.15) is 0 Å². The van der Waals surface area contributed by atoms with Crippen LogP contribution in [0.1, 0.15) is 26.3 Å². The molecule has 0 saturated heterocycles.